The van der Waals surface area contributed by atoms with E-state index in [4.69, 9.17) is 0 Å². The van der Waals surface area contributed by atoms with Gasteiger partial charge < -0.3 is 10.2 Å². The first-order valence-corrected chi connectivity index (χ1v) is 6.94. The molecule has 8 heteroatoms. The van der Waals surface area contributed by atoms with E-state index >= 15 is 0 Å². The molecule has 0 aromatic carbocycles. The molecule has 0 bridgehead atoms. The lowest BCUT2D eigenvalue weighted by molar-refractivity contribution is -0.137. The molecule has 0 saturated carbocycles. The molecule has 1 N–H and O–H groups in total. The van der Waals surface area contributed by atoms with Crippen LogP contribution in [0.2, 0.25) is 0 Å². The van der Waals surface area contributed by atoms with E-state index in [9.17, 15) is 13.2 Å². The monoisotopic (exact) mass is 307 g/mol. The number of likely N-dealkylation sites (N-methyl/N-ethyl adjacent to an activating group) is 1. The molecule has 0 radical (unpaired) electrons. The smallest absolute Gasteiger partial charge is 0.306 e. The molecule has 1 rings (SSSR count). The van der Waals surface area contributed by atoms with Crippen LogP contribution in [0.25, 0.3) is 0 Å². The molecular weight excluding hydrogens is 283 g/mol. The van der Waals surface area contributed by atoms with E-state index in [0.717, 1.165) is 5.69 Å². The van der Waals surface area contributed by atoms with Gasteiger partial charge in [-0.2, -0.15) is 13.2 Å². The van der Waals surface area contributed by atoms with Crippen molar-refractivity contribution in [2.75, 3.05) is 20.1 Å². The summed E-state index contributed by atoms with van der Waals surface area (Å²) in [5.41, 5.74) is 0.824. The molecule has 1 aromatic rings. The van der Waals surface area contributed by atoms with Crippen molar-refractivity contribution in [2.24, 2.45) is 0 Å². The predicted molar refractivity (Wildman–Crippen MR) is 74.8 cm³/mol. The van der Waals surface area contributed by atoms with Crippen molar-refractivity contribution in [2.45, 2.75) is 52.0 Å². The summed E-state index contributed by atoms with van der Waals surface area (Å²) in [6.45, 7) is 7.83. The predicted octanol–water partition coefficient (Wildman–Crippen LogP) is 2.05. The highest BCUT2D eigenvalue weighted by atomic mass is 19.4. The molecule has 0 aliphatic heterocycles. The van der Waals surface area contributed by atoms with Crippen LogP contribution in [0.15, 0.2) is 6.20 Å². The number of nitrogens with one attached hydrogen (secondary N) is 1. The van der Waals surface area contributed by atoms with Gasteiger partial charge in [-0.3, -0.25) is 4.68 Å². The van der Waals surface area contributed by atoms with Crippen LogP contribution in [-0.4, -0.2) is 51.7 Å². The van der Waals surface area contributed by atoms with Crippen molar-refractivity contribution in [3.63, 3.8) is 0 Å². The van der Waals surface area contributed by atoms with Gasteiger partial charge in [0.25, 0.3) is 0 Å². The number of nitrogens with zero attached hydrogens (tertiary/aromatic N) is 4. The molecule has 0 amide bonds. The van der Waals surface area contributed by atoms with Crippen LogP contribution in [-0.2, 0) is 13.1 Å². The minimum atomic E-state index is -4.10. The summed E-state index contributed by atoms with van der Waals surface area (Å²) in [7, 11) is 1.67. The van der Waals surface area contributed by atoms with Crippen molar-refractivity contribution in [3.8, 4) is 0 Å². The second-order valence-corrected chi connectivity index (χ2v) is 6.24. The van der Waals surface area contributed by atoms with Crippen LogP contribution >= 0.6 is 0 Å². The fraction of sp³-hybridized carbons (Fsp3) is 0.846. The molecular formula is C13H24F3N5. The Morgan fingerprint density at radius 3 is 2.48 bits per heavy atom. The molecule has 0 saturated heterocycles. The van der Waals surface area contributed by atoms with Crippen LogP contribution in [0.5, 0.6) is 0 Å². The average molecular weight is 307 g/mol. The third-order valence-electron chi connectivity index (χ3n) is 2.87. The SMILES string of the molecule is CN(CCn1cc(CNC(C)(C)C)nn1)CCC(F)(F)F. The number of aromatic nitrogens is 3. The van der Waals surface area contributed by atoms with Crippen LogP contribution in [0, 0.1) is 0 Å². The minimum Gasteiger partial charge on any atom is -0.306 e. The van der Waals surface area contributed by atoms with Crippen LogP contribution < -0.4 is 5.32 Å². The Kier molecular flexibility index (Phi) is 6.15. The summed E-state index contributed by atoms with van der Waals surface area (Å²) in [5.74, 6) is 0. The largest absolute Gasteiger partial charge is 0.390 e. The molecule has 0 unspecified atom stereocenters. The van der Waals surface area contributed by atoms with Crippen molar-refractivity contribution in [3.05, 3.63) is 11.9 Å². The molecule has 0 fully saturated rings. The Balaban J connectivity index is 2.31. The first kappa shape index (κ1) is 17.9. The van der Waals surface area contributed by atoms with E-state index in [-0.39, 0.29) is 12.1 Å². The summed E-state index contributed by atoms with van der Waals surface area (Å²) < 4.78 is 38.0. The molecule has 1 heterocycles. The first-order valence-electron chi connectivity index (χ1n) is 6.94. The van der Waals surface area contributed by atoms with Gasteiger partial charge in [-0.25, -0.2) is 0 Å². The van der Waals surface area contributed by atoms with Gasteiger partial charge in [-0.1, -0.05) is 5.21 Å². The molecule has 0 aliphatic carbocycles. The normalized spacial score (nSPS) is 13.1. The first-order chi connectivity index (χ1) is 9.55. The summed E-state index contributed by atoms with van der Waals surface area (Å²) >= 11 is 0. The summed E-state index contributed by atoms with van der Waals surface area (Å²) in [6.07, 6.45) is -3.08. The van der Waals surface area contributed by atoms with E-state index < -0.39 is 12.6 Å². The number of hydrogen-bond acceptors (Lipinski definition) is 4. The zero-order valence-corrected chi connectivity index (χ0v) is 13.0. The van der Waals surface area contributed by atoms with Crippen molar-refractivity contribution < 1.29 is 13.2 Å². The van der Waals surface area contributed by atoms with Crippen molar-refractivity contribution in [1.82, 2.24) is 25.2 Å². The van der Waals surface area contributed by atoms with Crippen molar-refractivity contribution >= 4 is 0 Å². The number of alkyl halides is 3. The van der Waals surface area contributed by atoms with Crippen LogP contribution in [0.1, 0.15) is 32.9 Å². The van der Waals surface area contributed by atoms with Gasteiger partial charge in [0.15, 0.2) is 0 Å². The van der Waals surface area contributed by atoms with E-state index in [1.165, 1.54) is 0 Å². The average Bonchev–Trinajstić information content (AvgIpc) is 2.77. The zero-order chi connectivity index (χ0) is 16.1. The Labute approximate surface area is 123 Å². The van der Waals surface area contributed by atoms with Gasteiger partial charge in [0, 0.05) is 31.4 Å². The Bertz CT molecular complexity index is 422. The Morgan fingerprint density at radius 1 is 1.24 bits per heavy atom. The minimum absolute atomic E-state index is 0.00158. The Hall–Kier alpha value is -1.15. The summed E-state index contributed by atoms with van der Waals surface area (Å²) in [4.78, 5) is 1.64. The van der Waals surface area contributed by atoms with Crippen LogP contribution in [0.3, 0.4) is 0 Å². The van der Waals surface area contributed by atoms with E-state index in [1.807, 2.05) is 6.20 Å². The molecule has 122 valence electrons. The van der Waals surface area contributed by atoms with Gasteiger partial charge in [0.05, 0.1) is 18.7 Å². The zero-order valence-electron chi connectivity index (χ0n) is 13.0. The lowest BCUT2D eigenvalue weighted by Gasteiger charge is -2.19. The van der Waals surface area contributed by atoms with Gasteiger partial charge in [-0.15, -0.1) is 5.10 Å². The summed E-state index contributed by atoms with van der Waals surface area (Å²) in [6, 6.07) is 0. The van der Waals surface area contributed by atoms with Crippen LogP contribution in [0.4, 0.5) is 13.2 Å². The Morgan fingerprint density at radius 2 is 1.90 bits per heavy atom. The maximum atomic E-state index is 12.1. The van der Waals surface area contributed by atoms with Gasteiger partial charge in [0.1, 0.15) is 0 Å². The van der Waals surface area contributed by atoms with Gasteiger partial charge >= 0.3 is 6.18 Å². The second kappa shape index (κ2) is 7.22. The molecule has 0 atom stereocenters. The maximum Gasteiger partial charge on any atom is 0.390 e. The molecule has 0 spiro atoms. The third-order valence-corrected chi connectivity index (χ3v) is 2.87. The molecule has 21 heavy (non-hydrogen) atoms. The number of rotatable bonds is 7. The maximum absolute atomic E-state index is 12.1. The lowest BCUT2D eigenvalue weighted by Crippen LogP contribution is -2.35. The highest BCUT2D eigenvalue weighted by Crippen LogP contribution is 2.19. The molecule has 5 nitrogen and oxygen atoms in total. The number of hydrogen-bond donors (Lipinski definition) is 1. The van der Waals surface area contributed by atoms with E-state index in [2.05, 4.69) is 36.4 Å². The second-order valence-electron chi connectivity index (χ2n) is 6.24. The summed E-state index contributed by atoms with van der Waals surface area (Å²) in [5, 5.41) is 11.3. The van der Waals surface area contributed by atoms with E-state index in [1.54, 1.807) is 16.6 Å². The third kappa shape index (κ3) is 8.67. The quantitative estimate of drug-likeness (QED) is 0.837. The van der Waals surface area contributed by atoms with Gasteiger partial charge in [0.2, 0.25) is 0 Å². The lowest BCUT2D eigenvalue weighted by atomic mass is 10.1. The highest BCUT2D eigenvalue weighted by molar-refractivity contribution is 4.93. The highest BCUT2D eigenvalue weighted by Gasteiger charge is 2.26. The fourth-order valence-electron chi connectivity index (χ4n) is 1.59. The molecule has 0 aliphatic rings. The van der Waals surface area contributed by atoms with Crippen molar-refractivity contribution in [1.29, 1.82) is 0 Å². The number of halogens is 3. The van der Waals surface area contributed by atoms with E-state index in [0.29, 0.717) is 19.6 Å². The molecule has 1 aromatic heterocycles. The fourth-order valence-corrected chi connectivity index (χ4v) is 1.59. The van der Waals surface area contributed by atoms with Gasteiger partial charge in [-0.05, 0) is 27.8 Å². The standard InChI is InChI=1S/C13H24F3N5/c1-12(2,3)17-9-11-10-21(19-18-11)8-7-20(4)6-5-13(14,15)16/h10,17H,5-9H2,1-4H3. The topological polar surface area (TPSA) is 46.0 Å².